The van der Waals surface area contributed by atoms with E-state index in [0.717, 1.165) is 18.7 Å². The summed E-state index contributed by atoms with van der Waals surface area (Å²) in [4.78, 5) is 15.1. The van der Waals surface area contributed by atoms with Crippen molar-refractivity contribution in [1.82, 2.24) is 20.0 Å². The third-order valence-electron chi connectivity index (χ3n) is 5.61. The minimum atomic E-state index is -0.362. The molecule has 0 bridgehead atoms. The number of carbonyl (C=O) groups is 1. The molecule has 0 aliphatic rings. The van der Waals surface area contributed by atoms with Crippen LogP contribution >= 0.6 is 0 Å². The van der Waals surface area contributed by atoms with Gasteiger partial charge in [0.2, 0.25) is 5.91 Å². The number of nitrogen functional groups attached to an aromatic ring is 1. The number of nitriles is 1. The second-order valence-electron chi connectivity index (χ2n) is 7.64. The fourth-order valence-corrected chi connectivity index (χ4v) is 3.87. The lowest BCUT2D eigenvalue weighted by Crippen LogP contribution is -2.41. The predicted molar refractivity (Wildman–Crippen MR) is 126 cm³/mol. The number of nitrogens with two attached hydrogens (primary N) is 1. The lowest BCUT2D eigenvalue weighted by atomic mass is 10.0. The van der Waals surface area contributed by atoms with Crippen LogP contribution in [0.15, 0.2) is 54.6 Å². The zero-order valence-electron chi connectivity index (χ0n) is 19.0. The van der Waals surface area contributed by atoms with Crippen LogP contribution in [0.5, 0.6) is 0 Å². The molecular formula is C25H29FN6O. The Morgan fingerprint density at radius 2 is 1.85 bits per heavy atom. The van der Waals surface area contributed by atoms with Crippen molar-refractivity contribution in [2.45, 2.75) is 32.7 Å². The highest BCUT2D eigenvalue weighted by Gasteiger charge is 2.25. The first kappa shape index (κ1) is 24.0. The quantitative estimate of drug-likeness (QED) is 0.462. The number of aryl methyl sites for hydroxylation is 1. The first-order valence-electron chi connectivity index (χ1n) is 11.1. The highest BCUT2D eigenvalue weighted by atomic mass is 19.1. The van der Waals surface area contributed by atoms with E-state index in [2.05, 4.69) is 21.4 Å². The third kappa shape index (κ3) is 5.57. The number of aromatic nitrogens is 2. The van der Waals surface area contributed by atoms with Crippen LogP contribution in [0, 0.1) is 17.1 Å². The molecule has 3 aromatic rings. The van der Waals surface area contributed by atoms with Gasteiger partial charge in [0.15, 0.2) is 0 Å². The van der Waals surface area contributed by atoms with Gasteiger partial charge in [-0.2, -0.15) is 10.4 Å². The molecule has 0 fully saturated rings. The summed E-state index contributed by atoms with van der Waals surface area (Å²) < 4.78 is 14.7. The molecule has 1 amide bonds. The van der Waals surface area contributed by atoms with E-state index >= 15 is 0 Å². The van der Waals surface area contributed by atoms with E-state index < -0.39 is 0 Å². The monoisotopic (exact) mass is 448 g/mol. The van der Waals surface area contributed by atoms with Gasteiger partial charge in [-0.05, 0) is 55.8 Å². The highest BCUT2D eigenvalue weighted by Crippen LogP contribution is 2.23. The van der Waals surface area contributed by atoms with Gasteiger partial charge in [0, 0.05) is 6.54 Å². The second-order valence-corrected chi connectivity index (χ2v) is 7.64. The van der Waals surface area contributed by atoms with Crippen LogP contribution in [0.1, 0.15) is 43.1 Å². The average molecular weight is 449 g/mol. The third-order valence-corrected chi connectivity index (χ3v) is 5.61. The summed E-state index contributed by atoms with van der Waals surface area (Å²) in [5, 5.41) is 17.0. The minimum Gasteiger partial charge on any atom is -0.382 e. The molecule has 0 radical (unpaired) electrons. The summed E-state index contributed by atoms with van der Waals surface area (Å²) in [6.45, 7) is 6.04. The van der Waals surface area contributed by atoms with E-state index in [0.29, 0.717) is 36.3 Å². The van der Waals surface area contributed by atoms with Gasteiger partial charge in [-0.25, -0.2) is 9.07 Å². The first-order chi connectivity index (χ1) is 16.0. The van der Waals surface area contributed by atoms with Crippen LogP contribution in [0.4, 0.5) is 10.2 Å². The molecular weight excluding hydrogens is 419 g/mol. The van der Waals surface area contributed by atoms with E-state index in [-0.39, 0.29) is 23.6 Å². The largest absolute Gasteiger partial charge is 0.382 e. The molecule has 1 heterocycles. The standard InChI is InChI=1S/C25H29FN6O/c1-3-31(4-2)23(18-9-6-5-7-10-18)25(33)29-16-8-11-22-21(17-27)24(28)32(30-22)20-14-12-19(26)13-15-20/h5-7,9-10,12-15,23H,3-4,8,11,16,28H2,1-2H3,(H,29,33). The zero-order chi connectivity index (χ0) is 23.8. The molecule has 0 saturated heterocycles. The number of carbonyl (C=O) groups excluding carboxylic acids is 1. The van der Waals surface area contributed by atoms with Gasteiger partial charge >= 0.3 is 0 Å². The van der Waals surface area contributed by atoms with Gasteiger partial charge in [-0.1, -0.05) is 44.2 Å². The topological polar surface area (TPSA) is 100.0 Å². The van der Waals surface area contributed by atoms with Crippen LogP contribution in [0.3, 0.4) is 0 Å². The van der Waals surface area contributed by atoms with Crippen molar-refractivity contribution in [2.24, 2.45) is 0 Å². The predicted octanol–water partition coefficient (Wildman–Crippen LogP) is 3.60. The molecule has 0 saturated carbocycles. The van der Waals surface area contributed by atoms with Crippen molar-refractivity contribution in [3.63, 3.8) is 0 Å². The molecule has 0 spiro atoms. The summed E-state index contributed by atoms with van der Waals surface area (Å²) in [5.74, 6) is -0.199. The molecule has 1 unspecified atom stereocenters. The summed E-state index contributed by atoms with van der Waals surface area (Å²) in [5.41, 5.74) is 8.50. The summed E-state index contributed by atoms with van der Waals surface area (Å²) >= 11 is 0. The van der Waals surface area contributed by atoms with Crippen molar-refractivity contribution in [3.05, 3.63) is 77.2 Å². The van der Waals surface area contributed by atoms with E-state index in [4.69, 9.17) is 5.73 Å². The number of halogens is 1. The van der Waals surface area contributed by atoms with Crippen molar-refractivity contribution >= 4 is 11.7 Å². The van der Waals surface area contributed by atoms with Gasteiger partial charge in [0.05, 0.1) is 11.4 Å². The molecule has 0 aliphatic heterocycles. The van der Waals surface area contributed by atoms with Crippen molar-refractivity contribution < 1.29 is 9.18 Å². The molecule has 0 aliphatic carbocycles. The Morgan fingerprint density at radius 1 is 1.18 bits per heavy atom. The number of benzene rings is 2. The Hall–Kier alpha value is -3.70. The van der Waals surface area contributed by atoms with Gasteiger partial charge in [-0.3, -0.25) is 9.69 Å². The van der Waals surface area contributed by atoms with E-state index in [9.17, 15) is 14.4 Å². The number of nitrogens with zero attached hydrogens (tertiary/aromatic N) is 4. The molecule has 7 nitrogen and oxygen atoms in total. The van der Waals surface area contributed by atoms with E-state index in [1.807, 2.05) is 44.2 Å². The minimum absolute atomic E-state index is 0.0539. The lowest BCUT2D eigenvalue weighted by molar-refractivity contribution is -0.126. The molecule has 1 aromatic heterocycles. The molecule has 8 heteroatoms. The first-order valence-corrected chi connectivity index (χ1v) is 11.1. The molecule has 172 valence electrons. The fraction of sp³-hybridized carbons (Fsp3) is 0.320. The maximum atomic E-state index is 13.2. The van der Waals surface area contributed by atoms with Crippen molar-refractivity contribution in [1.29, 1.82) is 5.26 Å². The number of rotatable bonds is 10. The van der Waals surface area contributed by atoms with Crippen LogP contribution < -0.4 is 11.1 Å². The van der Waals surface area contributed by atoms with Gasteiger partial charge in [-0.15, -0.1) is 0 Å². The molecule has 33 heavy (non-hydrogen) atoms. The second kappa shape index (κ2) is 11.2. The molecule has 3 rings (SSSR count). The maximum absolute atomic E-state index is 13.2. The van der Waals surface area contributed by atoms with Crippen LogP contribution in [0.25, 0.3) is 5.69 Å². The maximum Gasteiger partial charge on any atom is 0.241 e. The number of amides is 1. The Kier molecular flexibility index (Phi) is 8.17. The number of hydrogen-bond donors (Lipinski definition) is 2. The summed E-state index contributed by atoms with van der Waals surface area (Å²) in [6, 6.07) is 17.2. The van der Waals surface area contributed by atoms with Crippen molar-refractivity contribution in [3.8, 4) is 11.8 Å². The number of hydrogen-bond acceptors (Lipinski definition) is 5. The number of likely N-dealkylation sites (N-methyl/N-ethyl adjacent to an activating group) is 1. The van der Waals surface area contributed by atoms with E-state index in [1.165, 1.54) is 16.8 Å². The SMILES string of the molecule is CCN(CC)C(C(=O)NCCCc1nn(-c2ccc(F)cc2)c(N)c1C#N)c1ccccc1. The number of nitrogens with one attached hydrogen (secondary N) is 1. The Balaban J connectivity index is 1.66. The Labute approximate surface area is 193 Å². The van der Waals surface area contributed by atoms with Gasteiger partial charge in [0.1, 0.15) is 29.3 Å². The van der Waals surface area contributed by atoms with Crippen LogP contribution in [-0.2, 0) is 11.2 Å². The van der Waals surface area contributed by atoms with Crippen molar-refractivity contribution in [2.75, 3.05) is 25.4 Å². The lowest BCUT2D eigenvalue weighted by Gasteiger charge is -2.29. The van der Waals surface area contributed by atoms with Gasteiger partial charge < -0.3 is 11.1 Å². The average Bonchev–Trinajstić information content (AvgIpc) is 3.16. The smallest absolute Gasteiger partial charge is 0.241 e. The fourth-order valence-electron chi connectivity index (χ4n) is 3.87. The van der Waals surface area contributed by atoms with Gasteiger partial charge in [0.25, 0.3) is 0 Å². The van der Waals surface area contributed by atoms with Crippen LogP contribution in [0.2, 0.25) is 0 Å². The number of anilines is 1. The summed E-state index contributed by atoms with van der Waals surface area (Å²) in [6.07, 6.45) is 1.07. The van der Waals surface area contributed by atoms with E-state index in [1.54, 1.807) is 12.1 Å². The van der Waals surface area contributed by atoms with Crippen LogP contribution in [-0.4, -0.2) is 40.2 Å². The molecule has 3 N–H and O–H groups in total. The highest BCUT2D eigenvalue weighted by molar-refractivity contribution is 5.83. The zero-order valence-corrected chi connectivity index (χ0v) is 19.0. The Morgan fingerprint density at radius 3 is 2.45 bits per heavy atom. The summed E-state index contributed by atoms with van der Waals surface area (Å²) in [7, 11) is 0. The Bertz CT molecular complexity index is 1100. The molecule has 1 atom stereocenters. The normalized spacial score (nSPS) is 11.8. The molecule has 2 aromatic carbocycles.